The molecule has 0 atom stereocenters. The minimum atomic E-state index is 0.221. The highest BCUT2D eigenvalue weighted by Crippen LogP contribution is 2.16. The Bertz CT molecular complexity index is 973. The molecule has 4 rings (SSSR count). The predicted octanol–water partition coefficient (Wildman–Crippen LogP) is 2.29. The lowest BCUT2D eigenvalue weighted by Crippen LogP contribution is -2.48. The van der Waals surface area contributed by atoms with Crippen LogP contribution in [0.4, 0.5) is 5.69 Å². The molecule has 1 aliphatic heterocycles. The second kappa shape index (κ2) is 8.61. The summed E-state index contributed by atoms with van der Waals surface area (Å²) in [5.74, 6) is 0.221. The minimum absolute atomic E-state index is 0.221. The Morgan fingerprint density at radius 2 is 1.76 bits per heavy atom. The van der Waals surface area contributed by atoms with Crippen molar-refractivity contribution in [3.05, 3.63) is 53.6 Å². The summed E-state index contributed by atoms with van der Waals surface area (Å²) in [5, 5.41) is 11.6. The van der Waals surface area contributed by atoms with E-state index in [4.69, 9.17) is 0 Å². The summed E-state index contributed by atoms with van der Waals surface area (Å²) in [6.07, 6.45) is 0.468. The van der Waals surface area contributed by atoms with Gasteiger partial charge in [-0.1, -0.05) is 30.3 Å². The molecule has 0 saturated carbocycles. The second-order valence-corrected chi connectivity index (χ2v) is 7.58. The molecule has 2 heterocycles. The molecular weight excluding hydrogens is 364 g/mol. The van der Waals surface area contributed by atoms with Gasteiger partial charge in [0.1, 0.15) is 5.52 Å². The van der Waals surface area contributed by atoms with Crippen LogP contribution in [0.2, 0.25) is 0 Å². The quantitative estimate of drug-likeness (QED) is 0.697. The summed E-state index contributed by atoms with van der Waals surface area (Å²) >= 11 is 0. The first kappa shape index (κ1) is 19.4. The highest BCUT2D eigenvalue weighted by Gasteiger charge is 2.20. The van der Waals surface area contributed by atoms with E-state index in [0.29, 0.717) is 13.0 Å². The van der Waals surface area contributed by atoms with Crippen LogP contribution in [-0.4, -0.2) is 63.4 Å². The number of fused-ring (bicyclic) bond motifs is 1. The summed E-state index contributed by atoms with van der Waals surface area (Å²) in [4.78, 5) is 16.9. The van der Waals surface area contributed by atoms with Crippen LogP contribution in [-0.2, 0) is 24.8 Å². The Kier molecular flexibility index (Phi) is 5.76. The molecule has 1 aromatic heterocycles. The zero-order valence-electron chi connectivity index (χ0n) is 17.1. The molecule has 7 heteroatoms. The minimum Gasteiger partial charge on any atom is -0.381 e. The van der Waals surface area contributed by atoms with E-state index >= 15 is 0 Å². The van der Waals surface area contributed by atoms with Crippen molar-refractivity contribution in [3.63, 3.8) is 0 Å². The van der Waals surface area contributed by atoms with Crippen molar-refractivity contribution < 1.29 is 4.79 Å². The third-order valence-corrected chi connectivity index (χ3v) is 5.65. The summed E-state index contributed by atoms with van der Waals surface area (Å²) in [7, 11) is 1.89. The molecule has 0 bridgehead atoms. The van der Waals surface area contributed by atoms with Crippen molar-refractivity contribution in [2.24, 2.45) is 7.05 Å². The fourth-order valence-electron chi connectivity index (χ4n) is 3.74. The van der Waals surface area contributed by atoms with E-state index in [1.54, 1.807) is 4.68 Å². The molecule has 1 fully saturated rings. The molecule has 1 saturated heterocycles. The first-order valence-electron chi connectivity index (χ1n) is 10.2. The first-order chi connectivity index (χ1) is 14.1. The number of anilines is 1. The Hall–Kier alpha value is -2.93. The van der Waals surface area contributed by atoms with Crippen LogP contribution in [0.25, 0.3) is 11.0 Å². The third kappa shape index (κ3) is 4.56. The fourth-order valence-corrected chi connectivity index (χ4v) is 3.74. The van der Waals surface area contributed by atoms with E-state index in [-0.39, 0.29) is 5.91 Å². The summed E-state index contributed by atoms with van der Waals surface area (Å²) < 4.78 is 1.77. The highest BCUT2D eigenvalue weighted by atomic mass is 16.2. The maximum atomic E-state index is 12.5. The molecule has 29 heavy (non-hydrogen) atoms. The number of aryl methyl sites for hydroxylation is 1. The lowest BCUT2D eigenvalue weighted by molar-refractivity contribution is -0.132. The Balaban J connectivity index is 1.30. The standard InChI is InChI=1S/C22H28N6O/c1-3-27-10-12-28(13-11-27)22(29)15-17-4-7-19(8-5-17)23-16-18-6-9-21-20(14-18)24-25-26(21)2/h4-9,14,23H,3,10-13,15-16H2,1-2H3. The van der Waals surface area contributed by atoms with Gasteiger partial charge in [0.2, 0.25) is 5.91 Å². The van der Waals surface area contributed by atoms with E-state index < -0.39 is 0 Å². The van der Waals surface area contributed by atoms with Crippen LogP contribution < -0.4 is 5.32 Å². The van der Waals surface area contributed by atoms with E-state index in [2.05, 4.69) is 39.6 Å². The molecule has 0 radical (unpaired) electrons. The van der Waals surface area contributed by atoms with Gasteiger partial charge in [0.15, 0.2) is 0 Å². The summed E-state index contributed by atoms with van der Waals surface area (Å²) in [5.41, 5.74) is 5.18. The van der Waals surface area contributed by atoms with Gasteiger partial charge in [-0.3, -0.25) is 4.79 Å². The molecular formula is C22H28N6O. The monoisotopic (exact) mass is 392 g/mol. The van der Waals surface area contributed by atoms with Gasteiger partial charge in [-0.2, -0.15) is 0 Å². The largest absolute Gasteiger partial charge is 0.381 e. The number of piperazine rings is 1. The van der Waals surface area contributed by atoms with Gasteiger partial charge in [-0.05, 0) is 41.9 Å². The lowest BCUT2D eigenvalue weighted by Gasteiger charge is -2.34. The van der Waals surface area contributed by atoms with Crippen LogP contribution in [0.15, 0.2) is 42.5 Å². The molecule has 1 aliphatic rings. The zero-order chi connectivity index (χ0) is 20.2. The molecule has 7 nitrogen and oxygen atoms in total. The average Bonchev–Trinajstić information content (AvgIpc) is 3.13. The fraction of sp³-hybridized carbons (Fsp3) is 0.409. The highest BCUT2D eigenvalue weighted by molar-refractivity contribution is 5.79. The number of nitrogens with one attached hydrogen (secondary N) is 1. The van der Waals surface area contributed by atoms with Crippen LogP contribution in [0.5, 0.6) is 0 Å². The average molecular weight is 393 g/mol. The van der Waals surface area contributed by atoms with Crippen molar-refractivity contribution in [1.82, 2.24) is 24.8 Å². The number of hydrogen-bond acceptors (Lipinski definition) is 5. The van der Waals surface area contributed by atoms with Gasteiger partial charge in [0, 0.05) is 45.5 Å². The van der Waals surface area contributed by atoms with E-state index in [1.165, 1.54) is 0 Å². The van der Waals surface area contributed by atoms with Gasteiger partial charge in [-0.15, -0.1) is 5.10 Å². The number of aromatic nitrogens is 3. The molecule has 2 aromatic carbocycles. The van der Waals surface area contributed by atoms with E-state index in [1.807, 2.05) is 42.3 Å². The molecule has 3 aromatic rings. The number of carbonyl (C=O) groups is 1. The predicted molar refractivity (Wildman–Crippen MR) is 115 cm³/mol. The van der Waals surface area contributed by atoms with E-state index in [9.17, 15) is 4.79 Å². The summed E-state index contributed by atoms with van der Waals surface area (Å²) in [6.45, 7) is 7.57. The third-order valence-electron chi connectivity index (χ3n) is 5.65. The number of nitrogens with zero attached hydrogens (tertiary/aromatic N) is 5. The van der Waals surface area contributed by atoms with Crippen molar-refractivity contribution in [1.29, 1.82) is 0 Å². The molecule has 0 unspecified atom stereocenters. The maximum Gasteiger partial charge on any atom is 0.227 e. The molecule has 0 spiro atoms. The van der Waals surface area contributed by atoms with Gasteiger partial charge in [0.25, 0.3) is 0 Å². The topological polar surface area (TPSA) is 66.3 Å². The smallest absolute Gasteiger partial charge is 0.227 e. The number of amides is 1. The molecule has 1 amide bonds. The SMILES string of the molecule is CCN1CCN(C(=O)Cc2ccc(NCc3ccc4c(c3)nnn4C)cc2)CC1. The zero-order valence-corrected chi connectivity index (χ0v) is 17.1. The lowest BCUT2D eigenvalue weighted by atomic mass is 10.1. The van der Waals surface area contributed by atoms with Crippen LogP contribution in [0.3, 0.4) is 0 Å². The number of rotatable bonds is 6. The van der Waals surface area contributed by atoms with Crippen LogP contribution in [0.1, 0.15) is 18.1 Å². The van der Waals surface area contributed by atoms with Crippen LogP contribution >= 0.6 is 0 Å². The van der Waals surface area contributed by atoms with Crippen molar-refractivity contribution >= 4 is 22.6 Å². The summed E-state index contributed by atoms with van der Waals surface area (Å²) in [6, 6.07) is 14.3. The first-order valence-corrected chi connectivity index (χ1v) is 10.2. The van der Waals surface area contributed by atoms with Crippen molar-refractivity contribution in [2.75, 3.05) is 38.0 Å². The van der Waals surface area contributed by atoms with Crippen LogP contribution in [0, 0.1) is 0 Å². The maximum absolute atomic E-state index is 12.5. The Labute approximate surface area is 171 Å². The Morgan fingerprint density at radius 3 is 2.48 bits per heavy atom. The van der Waals surface area contributed by atoms with Gasteiger partial charge >= 0.3 is 0 Å². The molecule has 1 N–H and O–H groups in total. The number of carbonyl (C=O) groups excluding carboxylic acids is 1. The number of hydrogen-bond donors (Lipinski definition) is 1. The normalized spacial score (nSPS) is 15.0. The Morgan fingerprint density at radius 1 is 1.03 bits per heavy atom. The van der Waals surface area contributed by atoms with Gasteiger partial charge in [0.05, 0.1) is 11.9 Å². The number of likely N-dealkylation sites (N-methyl/N-ethyl adjacent to an activating group) is 1. The van der Waals surface area contributed by atoms with Crippen molar-refractivity contribution in [3.8, 4) is 0 Å². The second-order valence-electron chi connectivity index (χ2n) is 7.58. The number of benzene rings is 2. The molecule has 152 valence electrons. The van der Waals surface area contributed by atoms with Gasteiger partial charge < -0.3 is 15.1 Å². The van der Waals surface area contributed by atoms with Gasteiger partial charge in [-0.25, -0.2) is 4.68 Å². The van der Waals surface area contributed by atoms with Crippen molar-refractivity contribution in [2.45, 2.75) is 19.9 Å². The van der Waals surface area contributed by atoms with E-state index in [0.717, 1.165) is 60.6 Å². The molecule has 0 aliphatic carbocycles.